The van der Waals surface area contributed by atoms with Gasteiger partial charge in [-0.3, -0.25) is 0 Å². The van der Waals surface area contributed by atoms with Gasteiger partial charge in [-0.1, -0.05) is 11.6 Å². The summed E-state index contributed by atoms with van der Waals surface area (Å²) in [6.45, 7) is 5.78. The molecule has 0 aromatic carbocycles. The van der Waals surface area contributed by atoms with Gasteiger partial charge in [-0.05, 0) is 44.5 Å². The van der Waals surface area contributed by atoms with Gasteiger partial charge in [0.25, 0.3) is 0 Å². The first-order valence-electron chi connectivity index (χ1n) is 10.3. The van der Waals surface area contributed by atoms with Crippen LogP contribution in [0.25, 0.3) is 16.6 Å². The van der Waals surface area contributed by atoms with Gasteiger partial charge in [-0.15, -0.1) is 0 Å². The van der Waals surface area contributed by atoms with Crippen LogP contribution in [-0.2, 0) is 0 Å². The highest BCUT2D eigenvalue weighted by Crippen LogP contribution is 2.33. The minimum Gasteiger partial charge on any atom is -0.490 e. The number of nitriles is 1. The van der Waals surface area contributed by atoms with Gasteiger partial charge in [0.1, 0.15) is 23.3 Å². The quantitative estimate of drug-likeness (QED) is 0.374. The molecule has 33 heavy (non-hydrogen) atoms. The fourth-order valence-electron chi connectivity index (χ4n) is 3.15. The molecule has 4 aromatic heterocycles. The van der Waals surface area contributed by atoms with Crippen molar-refractivity contribution in [3.8, 4) is 22.9 Å². The maximum atomic E-state index is 9.28. The molecule has 10 heteroatoms. The van der Waals surface area contributed by atoms with E-state index >= 15 is 0 Å². The van der Waals surface area contributed by atoms with E-state index in [9.17, 15) is 5.26 Å². The van der Waals surface area contributed by atoms with E-state index in [2.05, 4.69) is 36.8 Å². The van der Waals surface area contributed by atoms with E-state index < -0.39 is 5.41 Å². The monoisotopic (exact) mass is 462 g/mol. The van der Waals surface area contributed by atoms with Crippen molar-refractivity contribution in [1.82, 2.24) is 24.6 Å². The lowest BCUT2D eigenvalue weighted by molar-refractivity contribution is 0.227. The molecule has 0 saturated carbocycles. The van der Waals surface area contributed by atoms with Crippen LogP contribution < -0.4 is 15.4 Å². The molecule has 0 aliphatic heterocycles. The van der Waals surface area contributed by atoms with Crippen molar-refractivity contribution in [1.29, 1.82) is 5.26 Å². The van der Waals surface area contributed by atoms with Crippen molar-refractivity contribution in [2.24, 2.45) is 5.41 Å². The third kappa shape index (κ3) is 5.13. The topological polar surface area (TPSA) is 113 Å². The van der Waals surface area contributed by atoms with Crippen molar-refractivity contribution >= 4 is 34.7 Å². The Labute approximate surface area is 196 Å². The summed E-state index contributed by atoms with van der Waals surface area (Å²) in [7, 11) is 1.77. The summed E-state index contributed by atoms with van der Waals surface area (Å²) in [5.41, 5.74) is 2.75. The van der Waals surface area contributed by atoms with Crippen LogP contribution in [0.1, 0.15) is 19.5 Å². The summed E-state index contributed by atoms with van der Waals surface area (Å²) in [6, 6.07) is 11.7. The molecule has 0 unspecified atom stereocenters. The summed E-state index contributed by atoms with van der Waals surface area (Å²) < 4.78 is 7.70. The zero-order valence-corrected chi connectivity index (χ0v) is 19.5. The first-order valence-corrected chi connectivity index (χ1v) is 10.6. The lowest BCUT2D eigenvalue weighted by Crippen LogP contribution is -2.19. The third-order valence-electron chi connectivity index (χ3n) is 4.83. The number of rotatable bonds is 7. The molecule has 9 nitrogen and oxygen atoms in total. The van der Waals surface area contributed by atoms with E-state index in [4.69, 9.17) is 16.3 Å². The van der Waals surface area contributed by atoms with E-state index in [1.165, 1.54) is 0 Å². The fourth-order valence-corrected chi connectivity index (χ4v) is 3.30. The third-order valence-corrected chi connectivity index (χ3v) is 5.04. The molecular formula is C23H23ClN8O. The minimum absolute atomic E-state index is 0.232. The first kappa shape index (κ1) is 22.3. The van der Waals surface area contributed by atoms with Crippen LogP contribution in [-0.4, -0.2) is 38.2 Å². The van der Waals surface area contributed by atoms with Crippen LogP contribution in [0, 0.1) is 23.7 Å². The Bertz CT molecular complexity index is 1360. The van der Waals surface area contributed by atoms with Gasteiger partial charge >= 0.3 is 0 Å². The number of hydrogen-bond acceptors (Lipinski definition) is 8. The van der Waals surface area contributed by atoms with E-state index in [1.807, 2.05) is 51.2 Å². The predicted molar refractivity (Wildman–Crippen MR) is 128 cm³/mol. The number of ether oxygens (including phenoxy) is 1. The minimum atomic E-state index is -0.626. The Hall–Kier alpha value is -3.90. The smallest absolute Gasteiger partial charge is 0.224 e. The molecular weight excluding hydrogens is 440 g/mol. The van der Waals surface area contributed by atoms with Crippen molar-refractivity contribution in [2.75, 3.05) is 24.3 Å². The van der Waals surface area contributed by atoms with E-state index in [0.717, 1.165) is 22.3 Å². The molecule has 0 aliphatic rings. The second kappa shape index (κ2) is 8.92. The molecule has 0 bridgehead atoms. The number of pyridine rings is 2. The van der Waals surface area contributed by atoms with Gasteiger partial charge in [0.2, 0.25) is 5.95 Å². The van der Waals surface area contributed by atoms with Crippen LogP contribution in [0.2, 0.25) is 5.15 Å². The molecule has 0 saturated heterocycles. The number of halogens is 1. The Morgan fingerprint density at radius 3 is 2.76 bits per heavy atom. The standard InChI is InChI=1S/C23H23ClN8O/c1-14-7-20(30-22(26-4)28-14)29-21-9-16-8-15(5-6-32(16)31-21)17-10-19(24)27-11-18(17)33-13-23(2,3)12-25/h5-11H,13H2,1-4H3,(H2,26,28,29,30,31). The summed E-state index contributed by atoms with van der Waals surface area (Å²) in [5, 5.41) is 20.4. The van der Waals surface area contributed by atoms with E-state index in [-0.39, 0.29) is 6.61 Å². The second-order valence-electron chi connectivity index (χ2n) is 8.20. The normalized spacial score (nSPS) is 11.3. The number of nitrogens with one attached hydrogen (secondary N) is 2. The highest BCUT2D eigenvalue weighted by molar-refractivity contribution is 6.29. The van der Waals surface area contributed by atoms with Gasteiger partial charge in [0, 0.05) is 36.6 Å². The average Bonchev–Trinajstić information content (AvgIpc) is 3.19. The Kier molecular flexibility index (Phi) is 6.03. The van der Waals surface area contributed by atoms with Crippen molar-refractivity contribution < 1.29 is 4.74 Å². The van der Waals surface area contributed by atoms with Gasteiger partial charge in [0.05, 0.1) is 23.2 Å². The van der Waals surface area contributed by atoms with Gasteiger partial charge in [-0.25, -0.2) is 14.5 Å². The molecule has 2 N–H and O–H groups in total. The molecule has 4 aromatic rings. The molecule has 0 amide bonds. The summed E-state index contributed by atoms with van der Waals surface area (Å²) in [6.07, 6.45) is 3.44. The highest BCUT2D eigenvalue weighted by atomic mass is 35.5. The zero-order valence-electron chi connectivity index (χ0n) is 18.7. The van der Waals surface area contributed by atoms with Crippen molar-refractivity contribution in [3.05, 3.63) is 53.6 Å². The van der Waals surface area contributed by atoms with Gasteiger partial charge in [-0.2, -0.15) is 15.3 Å². The molecule has 0 atom stereocenters. The second-order valence-corrected chi connectivity index (χ2v) is 8.58. The molecule has 168 valence electrons. The molecule has 0 spiro atoms. The number of aryl methyl sites for hydroxylation is 1. The van der Waals surface area contributed by atoms with E-state index in [0.29, 0.717) is 28.5 Å². The van der Waals surface area contributed by atoms with Crippen molar-refractivity contribution in [3.63, 3.8) is 0 Å². The lowest BCUT2D eigenvalue weighted by Gasteiger charge is -2.18. The van der Waals surface area contributed by atoms with Gasteiger partial charge < -0.3 is 15.4 Å². The molecule has 0 fully saturated rings. The summed E-state index contributed by atoms with van der Waals surface area (Å²) in [5.74, 6) is 2.38. The predicted octanol–water partition coefficient (Wildman–Crippen LogP) is 4.86. The van der Waals surface area contributed by atoms with Crippen LogP contribution in [0.3, 0.4) is 0 Å². The highest BCUT2D eigenvalue weighted by Gasteiger charge is 2.19. The molecule has 0 aliphatic carbocycles. The van der Waals surface area contributed by atoms with Crippen molar-refractivity contribution in [2.45, 2.75) is 20.8 Å². The molecule has 4 heterocycles. The first-order chi connectivity index (χ1) is 15.8. The van der Waals surface area contributed by atoms with Crippen LogP contribution in [0.5, 0.6) is 5.75 Å². The van der Waals surface area contributed by atoms with Crippen LogP contribution in [0.4, 0.5) is 17.6 Å². The fraction of sp³-hybridized carbons (Fsp3) is 0.261. The Morgan fingerprint density at radius 2 is 2.00 bits per heavy atom. The summed E-state index contributed by atoms with van der Waals surface area (Å²) >= 11 is 6.17. The van der Waals surface area contributed by atoms with Gasteiger partial charge in [0.15, 0.2) is 5.82 Å². The number of nitrogens with zero attached hydrogens (tertiary/aromatic N) is 6. The number of hydrogen-bond donors (Lipinski definition) is 2. The Balaban J connectivity index is 1.65. The maximum absolute atomic E-state index is 9.28. The van der Waals surface area contributed by atoms with Crippen LogP contribution in [0.15, 0.2) is 42.7 Å². The number of aromatic nitrogens is 5. The van der Waals surface area contributed by atoms with E-state index in [1.54, 1.807) is 23.8 Å². The Morgan fingerprint density at radius 1 is 1.18 bits per heavy atom. The average molecular weight is 463 g/mol. The summed E-state index contributed by atoms with van der Waals surface area (Å²) in [4.78, 5) is 12.8. The largest absolute Gasteiger partial charge is 0.490 e. The SMILES string of the molecule is CNc1nc(C)cc(Nc2cc3cc(-c4cc(Cl)ncc4OCC(C)(C)C#N)ccn3n2)n1. The molecule has 4 rings (SSSR count). The zero-order chi connectivity index (χ0) is 23.6. The molecule has 0 radical (unpaired) electrons. The van der Waals surface area contributed by atoms with Crippen LogP contribution >= 0.6 is 11.6 Å². The number of fused-ring (bicyclic) bond motifs is 1. The number of anilines is 3. The lowest BCUT2D eigenvalue weighted by atomic mass is 9.97. The maximum Gasteiger partial charge on any atom is 0.224 e.